The molecule has 6 nitrogen and oxygen atoms in total. The first-order valence-corrected chi connectivity index (χ1v) is 6.59. The smallest absolute Gasteiger partial charge is 0.326 e. The largest absolute Gasteiger partial charge is 0.336 e. The van der Waals surface area contributed by atoms with Crippen molar-refractivity contribution in [1.82, 2.24) is 14.9 Å². The lowest BCUT2D eigenvalue weighted by Gasteiger charge is -2.17. The lowest BCUT2D eigenvalue weighted by molar-refractivity contribution is 0.0778. The molecule has 0 aliphatic rings. The van der Waals surface area contributed by atoms with Crippen molar-refractivity contribution in [2.45, 2.75) is 6.54 Å². The number of rotatable bonds is 3. The Morgan fingerprint density at radius 2 is 1.95 bits per heavy atom. The Morgan fingerprint density at radius 3 is 2.60 bits per heavy atom. The van der Waals surface area contributed by atoms with E-state index in [0.29, 0.717) is 6.54 Å². The maximum absolute atomic E-state index is 12.2. The fourth-order valence-electron chi connectivity index (χ4n) is 1.74. The van der Waals surface area contributed by atoms with E-state index in [1.807, 2.05) is 29.2 Å². The second-order valence-electron chi connectivity index (χ2n) is 4.25. The molecule has 0 atom stereocenters. The predicted octanol–water partition coefficient (Wildman–Crippen LogP) is 1.10. The highest BCUT2D eigenvalue weighted by Gasteiger charge is 2.14. The number of nitrogens with zero attached hydrogens (tertiary/aromatic N) is 1. The molecule has 0 saturated carbocycles. The Balaban J connectivity index is 2.23. The van der Waals surface area contributed by atoms with Crippen LogP contribution in [-0.4, -0.2) is 27.8 Å². The average Bonchev–Trinajstić information content (AvgIpc) is 2.39. The summed E-state index contributed by atoms with van der Waals surface area (Å²) in [6, 6.07) is 8.58. The zero-order chi connectivity index (χ0) is 14.7. The van der Waals surface area contributed by atoms with Crippen molar-refractivity contribution in [2.24, 2.45) is 0 Å². The van der Waals surface area contributed by atoms with E-state index in [0.717, 1.165) is 16.1 Å². The van der Waals surface area contributed by atoms with Gasteiger partial charge in [-0.15, -0.1) is 0 Å². The van der Waals surface area contributed by atoms with Gasteiger partial charge in [0.1, 0.15) is 5.69 Å². The van der Waals surface area contributed by atoms with Gasteiger partial charge in [-0.1, -0.05) is 34.1 Å². The number of benzene rings is 1. The zero-order valence-corrected chi connectivity index (χ0v) is 12.2. The minimum Gasteiger partial charge on any atom is -0.336 e. The Kier molecular flexibility index (Phi) is 4.19. The summed E-state index contributed by atoms with van der Waals surface area (Å²) in [6.45, 7) is 0.356. The van der Waals surface area contributed by atoms with Crippen molar-refractivity contribution in [2.75, 3.05) is 7.05 Å². The van der Waals surface area contributed by atoms with E-state index in [1.165, 1.54) is 4.90 Å². The average molecular weight is 338 g/mol. The molecule has 0 saturated heterocycles. The highest BCUT2D eigenvalue weighted by molar-refractivity contribution is 9.10. The van der Waals surface area contributed by atoms with Gasteiger partial charge in [-0.2, -0.15) is 0 Å². The molecule has 0 aliphatic carbocycles. The number of hydrogen-bond donors (Lipinski definition) is 2. The van der Waals surface area contributed by atoms with E-state index in [9.17, 15) is 14.4 Å². The summed E-state index contributed by atoms with van der Waals surface area (Å²) >= 11 is 3.40. The molecule has 0 fully saturated rings. The summed E-state index contributed by atoms with van der Waals surface area (Å²) < 4.78 is 0.888. The van der Waals surface area contributed by atoms with Crippen LogP contribution in [0.3, 0.4) is 0 Å². The number of H-pyrrole nitrogens is 2. The number of carbonyl (C=O) groups is 1. The second kappa shape index (κ2) is 5.87. The molecule has 7 heteroatoms. The van der Waals surface area contributed by atoms with Gasteiger partial charge in [0, 0.05) is 24.1 Å². The van der Waals surface area contributed by atoms with Crippen molar-refractivity contribution >= 4 is 21.8 Å². The Labute approximate surface area is 122 Å². The number of aromatic amines is 2. The van der Waals surface area contributed by atoms with Crippen LogP contribution in [0, 0.1) is 0 Å². The van der Waals surface area contributed by atoms with Gasteiger partial charge in [0.25, 0.3) is 11.5 Å². The van der Waals surface area contributed by atoms with Gasteiger partial charge in [0.15, 0.2) is 0 Å². The summed E-state index contributed by atoms with van der Waals surface area (Å²) in [5.41, 5.74) is -0.412. The quantitative estimate of drug-likeness (QED) is 0.879. The van der Waals surface area contributed by atoms with E-state index >= 15 is 0 Å². The van der Waals surface area contributed by atoms with Gasteiger partial charge in [-0.25, -0.2) is 4.79 Å². The van der Waals surface area contributed by atoms with Crippen LogP contribution in [0.25, 0.3) is 0 Å². The molecular weight excluding hydrogens is 326 g/mol. The van der Waals surface area contributed by atoms with Crippen LogP contribution in [0.15, 0.2) is 44.4 Å². The van der Waals surface area contributed by atoms with Crippen molar-refractivity contribution < 1.29 is 4.79 Å². The number of aromatic nitrogens is 2. The van der Waals surface area contributed by atoms with Crippen molar-refractivity contribution in [3.63, 3.8) is 0 Å². The molecule has 1 aromatic carbocycles. The highest BCUT2D eigenvalue weighted by atomic mass is 79.9. The minimum absolute atomic E-state index is 0.0340. The SMILES string of the molecule is CN(Cc1ccccc1Br)C(=O)c1cc(=O)[nH]c(=O)[nH]1. The van der Waals surface area contributed by atoms with Crippen LogP contribution >= 0.6 is 15.9 Å². The standard InChI is InChI=1S/C13H12BrN3O3/c1-17(7-8-4-2-3-5-9(8)14)12(19)10-6-11(18)16-13(20)15-10/h2-6H,7H2,1H3,(H2,15,16,18,20). The predicted molar refractivity (Wildman–Crippen MR) is 77.6 cm³/mol. The summed E-state index contributed by atoms with van der Waals surface area (Å²) in [4.78, 5) is 40.3. The van der Waals surface area contributed by atoms with Gasteiger partial charge in [0.2, 0.25) is 0 Å². The topological polar surface area (TPSA) is 86.0 Å². The lowest BCUT2D eigenvalue weighted by atomic mass is 10.2. The zero-order valence-electron chi connectivity index (χ0n) is 10.6. The normalized spacial score (nSPS) is 10.3. The molecule has 0 aliphatic heterocycles. The molecule has 0 unspecified atom stereocenters. The fourth-order valence-corrected chi connectivity index (χ4v) is 2.15. The number of hydrogen-bond acceptors (Lipinski definition) is 3. The molecule has 2 N–H and O–H groups in total. The number of carbonyl (C=O) groups excluding carboxylic acids is 1. The Hall–Kier alpha value is -2.15. The molecule has 104 valence electrons. The number of nitrogens with one attached hydrogen (secondary N) is 2. The van der Waals surface area contributed by atoms with Crippen LogP contribution in [-0.2, 0) is 6.54 Å². The first kappa shape index (κ1) is 14.3. The van der Waals surface area contributed by atoms with E-state index in [2.05, 4.69) is 20.9 Å². The molecule has 1 aromatic heterocycles. The fraction of sp³-hybridized carbons (Fsp3) is 0.154. The van der Waals surface area contributed by atoms with Gasteiger partial charge < -0.3 is 9.88 Å². The molecule has 2 aromatic rings. The molecular formula is C13H12BrN3O3. The van der Waals surface area contributed by atoms with Crippen molar-refractivity contribution in [1.29, 1.82) is 0 Å². The van der Waals surface area contributed by atoms with Gasteiger partial charge in [-0.05, 0) is 11.6 Å². The Morgan fingerprint density at radius 1 is 1.25 bits per heavy atom. The third-order valence-electron chi connectivity index (χ3n) is 2.70. The summed E-state index contributed by atoms with van der Waals surface area (Å²) in [5, 5.41) is 0. The molecule has 1 heterocycles. The van der Waals surface area contributed by atoms with E-state index in [-0.39, 0.29) is 5.69 Å². The summed E-state index contributed by atoms with van der Waals surface area (Å²) in [7, 11) is 1.60. The van der Waals surface area contributed by atoms with Crippen molar-refractivity contribution in [3.8, 4) is 0 Å². The van der Waals surface area contributed by atoms with Crippen LogP contribution in [0.1, 0.15) is 16.1 Å². The van der Waals surface area contributed by atoms with Crippen LogP contribution in [0.5, 0.6) is 0 Å². The highest BCUT2D eigenvalue weighted by Crippen LogP contribution is 2.17. The Bertz CT molecular complexity index is 723. The van der Waals surface area contributed by atoms with Crippen molar-refractivity contribution in [3.05, 3.63) is 66.9 Å². The first-order valence-electron chi connectivity index (χ1n) is 5.80. The molecule has 1 amide bonds. The third kappa shape index (κ3) is 3.24. The number of halogens is 1. The number of amides is 1. The van der Waals surface area contributed by atoms with E-state index in [4.69, 9.17) is 0 Å². The molecule has 20 heavy (non-hydrogen) atoms. The van der Waals surface area contributed by atoms with Crippen LogP contribution < -0.4 is 11.2 Å². The summed E-state index contributed by atoms with van der Waals surface area (Å²) in [5.74, 6) is -0.427. The maximum atomic E-state index is 12.2. The van der Waals surface area contributed by atoms with Gasteiger partial charge in [-0.3, -0.25) is 14.6 Å². The first-order chi connectivity index (χ1) is 9.47. The van der Waals surface area contributed by atoms with E-state index in [1.54, 1.807) is 7.05 Å². The molecule has 2 rings (SSSR count). The maximum Gasteiger partial charge on any atom is 0.326 e. The monoisotopic (exact) mass is 337 g/mol. The van der Waals surface area contributed by atoms with E-state index < -0.39 is 17.2 Å². The van der Waals surface area contributed by atoms with Gasteiger partial charge >= 0.3 is 5.69 Å². The third-order valence-corrected chi connectivity index (χ3v) is 3.48. The second-order valence-corrected chi connectivity index (χ2v) is 5.11. The summed E-state index contributed by atoms with van der Waals surface area (Å²) in [6.07, 6.45) is 0. The molecule has 0 bridgehead atoms. The minimum atomic E-state index is -0.699. The van der Waals surface area contributed by atoms with Crippen LogP contribution in [0.4, 0.5) is 0 Å². The molecule has 0 spiro atoms. The van der Waals surface area contributed by atoms with Crippen LogP contribution in [0.2, 0.25) is 0 Å². The molecule has 0 radical (unpaired) electrons. The van der Waals surface area contributed by atoms with Gasteiger partial charge in [0.05, 0.1) is 0 Å². The lowest BCUT2D eigenvalue weighted by Crippen LogP contribution is -2.32.